The number of methoxy groups -OCH3 is 1. The molecule has 6 nitrogen and oxygen atoms in total. The van der Waals surface area contributed by atoms with Gasteiger partial charge in [-0.25, -0.2) is 4.98 Å². The number of piperidine rings is 1. The Bertz CT molecular complexity index is 848. The van der Waals surface area contributed by atoms with Gasteiger partial charge < -0.3 is 14.2 Å². The van der Waals surface area contributed by atoms with Crippen LogP contribution in [0.3, 0.4) is 0 Å². The van der Waals surface area contributed by atoms with E-state index >= 15 is 0 Å². The Kier molecular flexibility index (Phi) is 5.92. The first-order valence-electron chi connectivity index (χ1n) is 9.36. The molecule has 3 heterocycles. The van der Waals surface area contributed by atoms with E-state index in [9.17, 15) is 18.0 Å². The summed E-state index contributed by atoms with van der Waals surface area (Å²) in [4.78, 5) is 18.2. The molecule has 0 unspecified atom stereocenters. The lowest BCUT2D eigenvalue weighted by atomic mass is 9.91. The molecule has 1 aliphatic heterocycles. The van der Waals surface area contributed by atoms with E-state index in [2.05, 4.69) is 10.1 Å². The highest BCUT2D eigenvalue weighted by Crippen LogP contribution is 2.40. The van der Waals surface area contributed by atoms with Crippen molar-refractivity contribution < 1.29 is 27.2 Å². The highest BCUT2D eigenvalue weighted by molar-refractivity contribution is 5.82. The molecule has 1 atom stereocenters. The predicted octanol–water partition coefficient (Wildman–Crippen LogP) is 4.11. The van der Waals surface area contributed by atoms with Crippen molar-refractivity contribution >= 4 is 17.0 Å². The van der Waals surface area contributed by atoms with Gasteiger partial charge in [-0.05, 0) is 24.8 Å². The van der Waals surface area contributed by atoms with Crippen LogP contribution in [-0.4, -0.2) is 47.8 Å². The van der Waals surface area contributed by atoms with Gasteiger partial charge in [0.05, 0.1) is 29.7 Å². The van der Waals surface area contributed by atoms with E-state index in [0.717, 1.165) is 6.07 Å². The first-order valence-corrected chi connectivity index (χ1v) is 9.36. The number of carbonyl (C=O) groups excluding carboxylic acids is 1. The topological polar surface area (TPSA) is 68.5 Å². The number of halogens is 3. The fourth-order valence-electron chi connectivity index (χ4n) is 3.56. The van der Waals surface area contributed by atoms with Crippen LogP contribution in [0.2, 0.25) is 0 Å². The molecule has 1 saturated heterocycles. The number of likely N-dealkylation sites (tertiary alicyclic amines) is 1. The maximum absolute atomic E-state index is 13.8. The van der Waals surface area contributed by atoms with Gasteiger partial charge in [-0.3, -0.25) is 4.79 Å². The summed E-state index contributed by atoms with van der Waals surface area (Å²) in [6, 6.07) is 1.08. The van der Waals surface area contributed by atoms with Crippen molar-refractivity contribution in [2.75, 3.05) is 26.8 Å². The Morgan fingerprint density at radius 1 is 1.43 bits per heavy atom. The van der Waals surface area contributed by atoms with Gasteiger partial charge in [0.2, 0.25) is 5.91 Å². The summed E-state index contributed by atoms with van der Waals surface area (Å²) < 4.78 is 51.4. The SMILES string of the molecule is COCCC(=O)N1CCC[C@H](c2noc3nc(C(C)C)cc(C(F)(F)F)c23)C1. The summed E-state index contributed by atoms with van der Waals surface area (Å²) >= 11 is 0. The van der Waals surface area contributed by atoms with Gasteiger partial charge in [0, 0.05) is 31.8 Å². The normalized spacial score (nSPS) is 18.2. The van der Waals surface area contributed by atoms with E-state index in [1.54, 1.807) is 18.7 Å². The third-order valence-electron chi connectivity index (χ3n) is 5.07. The molecule has 2 aromatic heterocycles. The van der Waals surface area contributed by atoms with Crippen LogP contribution in [-0.2, 0) is 15.7 Å². The summed E-state index contributed by atoms with van der Waals surface area (Å²) in [5, 5.41) is 3.86. The predicted molar refractivity (Wildman–Crippen MR) is 95.9 cm³/mol. The number of pyridine rings is 1. The van der Waals surface area contributed by atoms with Crippen molar-refractivity contribution in [3.05, 3.63) is 23.0 Å². The Morgan fingerprint density at radius 2 is 2.18 bits per heavy atom. The van der Waals surface area contributed by atoms with Gasteiger partial charge in [0.15, 0.2) is 0 Å². The number of rotatable bonds is 5. The molecule has 1 aliphatic rings. The smallest absolute Gasteiger partial charge is 0.384 e. The van der Waals surface area contributed by atoms with E-state index < -0.39 is 11.7 Å². The lowest BCUT2D eigenvalue weighted by Gasteiger charge is -2.32. The van der Waals surface area contributed by atoms with Crippen LogP contribution >= 0.6 is 0 Å². The number of hydrogen-bond donors (Lipinski definition) is 0. The Labute approximate surface area is 161 Å². The van der Waals surface area contributed by atoms with Crippen molar-refractivity contribution in [1.29, 1.82) is 0 Å². The van der Waals surface area contributed by atoms with Crippen LogP contribution in [0.25, 0.3) is 11.1 Å². The average molecular weight is 399 g/mol. The third kappa shape index (κ3) is 4.14. The number of carbonyl (C=O) groups is 1. The van der Waals surface area contributed by atoms with Crippen LogP contribution in [0.15, 0.2) is 10.6 Å². The quantitative estimate of drug-likeness (QED) is 0.757. The van der Waals surface area contributed by atoms with Crippen LogP contribution in [0.4, 0.5) is 13.2 Å². The Hall–Kier alpha value is -2.16. The summed E-state index contributed by atoms with van der Waals surface area (Å²) in [6.07, 6.45) is -2.97. The maximum atomic E-state index is 13.8. The molecule has 0 spiro atoms. The summed E-state index contributed by atoms with van der Waals surface area (Å²) in [5.41, 5.74) is -0.339. The van der Waals surface area contributed by atoms with Crippen molar-refractivity contribution in [3.8, 4) is 0 Å². The molecule has 0 bridgehead atoms. The van der Waals surface area contributed by atoms with Crippen LogP contribution in [0.5, 0.6) is 0 Å². The number of hydrogen-bond acceptors (Lipinski definition) is 5. The number of fused-ring (bicyclic) bond motifs is 1. The zero-order chi connectivity index (χ0) is 20.5. The van der Waals surface area contributed by atoms with Gasteiger partial charge in [-0.2, -0.15) is 13.2 Å². The first kappa shape index (κ1) is 20.6. The van der Waals surface area contributed by atoms with Gasteiger partial charge in [0.25, 0.3) is 5.71 Å². The molecule has 1 amide bonds. The van der Waals surface area contributed by atoms with Gasteiger partial charge in [-0.15, -0.1) is 0 Å². The molecule has 0 saturated carbocycles. The van der Waals surface area contributed by atoms with Crippen LogP contribution < -0.4 is 0 Å². The van der Waals surface area contributed by atoms with E-state index in [-0.39, 0.29) is 41.0 Å². The summed E-state index contributed by atoms with van der Waals surface area (Å²) in [6.45, 7) is 4.75. The Morgan fingerprint density at radius 3 is 2.82 bits per heavy atom. The van der Waals surface area contributed by atoms with E-state index in [1.807, 2.05) is 0 Å². The van der Waals surface area contributed by atoms with Crippen LogP contribution in [0.1, 0.15) is 61.9 Å². The average Bonchev–Trinajstić information content (AvgIpc) is 3.08. The van der Waals surface area contributed by atoms with Crippen LogP contribution in [0, 0.1) is 0 Å². The second-order valence-corrected chi connectivity index (χ2v) is 7.42. The van der Waals surface area contributed by atoms with E-state index in [1.165, 1.54) is 7.11 Å². The lowest BCUT2D eigenvalue weighted by Crippen LogP contribution is -2.39. The molecule has 0 radical (unpaired) electrons. The van der Waals surface area contributed by atoms with Crippen molar-refractivity contribution in [2.24, 2.45) is 0 Å². The second kappa shape index (κ2) is 8.06. The minimum absolute atomic E-state index is 0.0735. The largest absolute Gasteiger partial charge is 0.417 e. The molecule has 0 aliphatic carbocycles. The van der Waals surface area contributed by atoms with Crippen molar-refractivity contribution in [1.82, 2.24) is 15.0 Å². The molecule has 0 N–H and O–H groups in total. The highest BCUT2D eigenvalue weighted by Gasteiger charge is 2.38. The summed E-state index contributed by atoms with van der Waals surface area (Å²) in [5.74, 6) is -0.576. The summed E-state index contributed by atoms with van der Waals surface area (Å²) in [7, 11) is 1.52. The van der Waals surface area contributed by atoms with Crippen molar-refractivity contribution in [3.63, 3.8) is 0 Å². The zero-order valence-corrected chi connectivity index (χ0v) is 16.2. The number of nitrogens with zero attached hydrogens (tertiary/aromatic N) is 3. The number of ether oxygens (including phenoxy) is 1. The third-order valence-corrected chi connectivity index (χ3v) is 5.07. The highest BCUT2D eigenvalue weighted by atomic mass is 19.4. The van der Waals surface area contributed by atoms with Crippen molar-refractivity contribution in [2.45, 2.75) is 51.1 Å². The molecule has 2 aromatic rings. The standard InChI is InChI=1S/C19H24F3N3O3/c1-11(2)14-9-13(19(20,21)22)16-17(24-28-18(16)23-14)12-5-4-7-25(10-12)15(26)6-8-27-3/h9,11-12H,4-8,10H2,1-3H3/t12-/m0/s1. The van der Waals surface area contributed by atoms with E-state index in [4.69, 9.17) is 9.26 Å². The monoisotopic (exact) mass is 399 g/mol. The maximum Gasteiger partial charge on any atom is 0.417 e. The zero-order valence-electron chi connectivity index (χ0n) is 16.2. The van der Waals surface area contributed by atoms with Gasteiger partial charge in [0.1, 0.15) is 0 Å². The molecule has 0 aromatic carbocycles. The Balaban J connectivity index is 1.98. The molecule has 1 fully saturated rings. The molecule has 3 rings (SSSR count). The fraction of sp³-hybridized carbons (Fsp3) is 0.632. The van der Waals surface area contributed by atoms with Gasteiger partial charge in [-0.1, -0.05) is 19.0 Å². The fourth-order valence-corrected chi connectivity index (χ4v) is 3.56. The molecular weight excluding hydrogens is 375 g/mol. The molecular formula is C19H24F3N3O3. The molecule has 9 heteroatoms. The van der Waals surface area contributed by atoms with Gasteiger partial charge >= 0.3 is 6.18 Å². The number of aromatic nitrogens is 2. The molecule has 154 valence electrons. The number of amides is 1. The first-order chi connectivity index (χ1) is 13.2. The number of alkyl halides is 3. The minimum atomic E-state index is -4.55. The minimum Gasteiger partial charge on any atom is -0.384 e. The molecule has 28 heavy (non-hydrogen) atoms. The second-order valence-electron chi connectivity index (χ2n) is 7.42. The lowest BCUT2D eigenvalue weighted by molar-refractivity contribution is -0.136. The van der Waals surface area contributed by atoms with E-state index in [0.29, 0.717) is 38.2 Å².